The van der Waals surface area contributed by atoms with Crippen molar-refractivity contribution in [3.8, 4) is 11.1 Å². The number of rotatable bonds is 2. The first-order valence-electron chi connectivity index (χ1n) is 4.97. The number of carboxylic acid groups (broad SMARTS) is 1. The second kappa shape index (κ2) is 4.74. The van der Waals surface area contributed by atoms with Crippen LogP contribution >= 0.6 is 11.6 Å². The molecule has 0 amide bonds. The minimum atomic E-state index is -1.25. The maximum absolute atomic E-state index is 13.7. The summed E-state index contributed by atoms with van der Waals surface area (Å²) in [5.41, 5.74) is -0.189. The molecule has 92 valence electrons. The van der Waals surface area contributed by atoms with Gasteiger partial charge in [0.25, 0.3) is 0 Å². The van der Waals surface area contributed by atoms with Crippen molar-refractivity contribution in [1.82, 2.24) is 0 Å². The van der Waals surface area contributed by atoms with Gasteiger partial charge in [0, 0.05) is 16.1 Å². The Bertz CT molecular complexity index is 626. The third-order valence-corrected chi connectivity index (χ3v) is 2.67. The first-order chi connectivity index (χ1) is 8.49. The van der Waals surface area contributed by atoms with Crippen LogP contribution in [0.25, 0.3) is 11.1 Å². The van der Waals surface area contributed by atoms with E-state index < -0.39 is 17.6 Å². The zero-order valence-electron chi connectivity index (χ0n) is 8.95. The molecule has 0 atom stereocenters. The molecule has 2 nitrogen and oxygen atoms in total. The minimum absolute atomic E-state index is 0.00343. The van der Waals surface area contributed by atoms with Crippen LogP contribution in [0.2, 0.25) is 5.02 Å². The van der Waals surface area contributed by atoms with Crippen LogP contribution in [0, 0.1) is 11.6 Å². The molecule has 5 heteroatoms. The van der Waals surface area contributed by atoms with Crippen molar-refractivity contribution in [3.63, 3.8) is 0 Å². The van der Waals surface area contributed by atoms with Crippen molar-refractivity contribution < 1.29 is 18.7 Å². The molecule has 0 unspecified atom stereocenters. The van der Waals surface area contributed by atoms with Crippen LogP contribution in [-0.4, -0.2) is 11.1 Å². The fourth-order valence-electron chi connectivity index (χ4n) is 1.63. The van der Waals surface area contributed by atoms with Crippen LogP contribution in [0.4, 0.5) is 8.78 Å². The van der Waals surface area contributed by atoms with Crippen LogP contribution in [0.15, 0.2) is 36.4 Å². The van der Waals surface area contributed by atoms with E-state index in [0.29, 0.717) is 0 Å². The molecule has 0 spiro atoms. The van der Waals surface area contributed by atoms with Gasteiger partial charge in [-0.2, -0.15) is 0 Å². The third-order valence-electron chi connectivity index (χ3n) is 2.43. The predicted molar refractivity (Wildman–Crippen MR) is 63.8 cm³/mol. The lowest BCUT2D eigenvalue weighted by Gasteiger charge is -2.08. The fourth-order valence-corrected chi connectivity index (χ4v) is 1.79. The predicted octanol–water partition coefficient (Wildman–Crippen LogP) is 3.98. The Morgan fingerprint density at radius 1 is 1.06 bits per heavy atom. The van der Waals surface area contributed by atoms with Crippen LogP contribution in [0.3, 0.4) is 0 Å². The topological polar surface area (TPSA) is 37.3 Å². The van der Waals surface area contributed by atoms with Gasteiger partial charge in [-0.3, -0.25) is 0 Å². The van der Waals surface area contributed by atoms with Gasteiger partial charge in [-0.25, -0.2) is 13.6 Å². The van der Waals surface area contributed by atoms with Gasteiger partial charge in [-0.05, 0) is 36.4 Å². The van der Waals surface area contributed by atoms with Gasteiger partial charge >= 0.3 is 5.97 Å². The van der Waals surface area contributed by atoms with E-state index in [1.807, 2.05) is 0 Å². The molecule has 0 aliphatic heterocycles. The summed E-state index contributed by atoms with van der Waals surface area (Å²) < 4.78 is 26.9. The first-order valence-corrected chi connectivity index (χ1v) is 5.35. The molecule has 0 aliphatic rings. The SMILES string of the molecule is O=C(O)c1ccc(F)cc1-c1ccc(Cl)cc1F. The second-order valence-electron chi connectivity index (χ2n) is 3.62. The highest BCUT2D eigenvalue weighted by Gasteiger charge is 2.15. The standard InChI is InChI=1S/C13H7ClF2O2/c14-7-1-3-9(12(16)5-7)11-6-8(15)2-4-10(11)13(17)18/h1-6H,(H,17,18). The number of carboxylic acids is 1. The van der Waals surface area contributed by atoms with Crippen molar-refractivity contribution >= 4 is 17.6 Å². The molecule has 0 bridgehead atoms. The summed E-state index contributed by atoms with van der Waals surface area (Å²) >= 11 is 5.61. The van der Waals surface area contributed by atoms with E-state index in [-0.39, 0.29) is 21.7 Å². The number of hydrogen-bond donors (Lipinski definition) is 1. The van der Waals surface area contributed by atoms with Crippen molar-refractivity contribution in [1.29, 1.82) is 0 Å². The molecule has 1 N–H and O–H groups in total. The molecular weight excluding hydrogens is 262 g/mol. The summed E-state index contributed by atoms with van der Waals surface area (Å²) in [6, 6.07) is 6.88. The molecule has 2 aromatic carbocycles. The molecular formula is C13H7ClF2O2. The largest absolute Gasteiger partial charge is 0.478 e. The quantitative estimate of drug-likeness (QED) is 0.894. The normalized spacial score (nSPS) is 10.4. The van der Waals surface area contributed by atoms with E-state index in [9.17, 15) is 13.6 Å². The first kappa shape index (κ1) is 12.5. The highest BCUT2D eigenvalue weighted by atomic mass is 35.5. The summed E-state index contributed by atoms with van der Waals surface area (Å²) in [7, 11) is 0. The molecule has 0 radical (unpaired) electrons. The lowest BCUT2D eigenvalue weighted by atomic mass is 9.99. The Labute approximate surface area is 106 Å². The highest BCUT2D eigenvalue weighted by molar-refractivity contribution is 6.30. The molecule has 2 rings (SSSR count). The van der Waals surface area contributed by atoms with Crippen molar-refractivity contribution in [2.75, 3.05) is 0 Å². The van der Waals surface area contributed by atoms with Gasteiger partial charge in [0.1, 0.15) is 11.6 Å². The molecule has 18 heavy (non-hydrogen) atoms. The summed E-state index contributed by atoms with van der Waals surface area (Å²) in [5.74, 6) is -2.58. The van der Waals surface area contributed by atoms with Crippen molar-refractivity contribution in [2.45, 2.75) is 0 Å². The van der Waals surface area contributed by atoms with E-state index in [2.05, 4.69) is 0 Å². The molecule has 0 fully saturated rings. The number of hydrogen-bond acceptors (Lipinski definition) is 1. The molecule has 0 saturated carbocycles. The van der Waals surface area contributed by atoms with Crippen LogP contribution in [-0.2, 0) is 0 Å². The maximum atomic E-state index is 13.7. The van der Waals surface area contributed by atoms with Crippen LogP contribution in [0.5, 0.6) is 0 Å². The van der Waals surface area contributed by atoms with Gasteiger partial charge in [0.05, 0.1) is 5.56 Å². The number of carbonyl (C=O) groups is 1. The molecule has 0 aliphatic carbocycles. The molecule has 0 aromatic heterocycles. The molecule has 0 saturated heterocycles. The van der Waals surface area contributed by atoms with Gasteiger partial charge in [-0.1, -0.05) is 11.6 Å². The average Bonchev–Trinajstić information content (AvgIpc) is 2.28. The van der Waals surface area contributed by atoms with Crippen LogP contribution < -0.4 is 0 Å². The number of aromatic carboxylic acids is 1. The van der Waals surface area contributed by atoms with E-state index in [1.54, 1.807) is 0 Å². The van der Waals surface area contributed by atoms with Gasteiger partial charge in [0.15, 0.2) is 0 Å². The smallest absolute Gasteiger partial charge is 0.336 e. The summed E-state index contributed by atoms with van der Waals surface area (Å²) in [6.07, 6.45) is 0. The summed E-state index contributed by atoms with van der Waals surface area (Å²) in [4.78, 5) is 11.0. The van der Waals surface area contributed by atoms with Gasteiger partial charge in [0.2, 0.25) is 0 Å². The lowest BCUT2D eigenvalue weighted by Crippen LogP contribution is -2.01. The number of halogens is 3. The minimum Gasteiger partial charge on any atom is -0.478 e. The zero-order valence-corrected chi connectivity index (χ0v) is 9.71. The zero-order chi connectivity index (χ0) is 13.3. The lowest BCUT2D eigenvalue weighted by molar-refractivity contribution is 0.0697. The van der Waals surface area contributed by atoms with E-state index in [0.717, 1.165) is 24.3 Å². The van der Waals surface area contributed by atoms with Gasteiger partial charge in [-0.15, -0.1) is 0 Å². The van der Waals surface area contributed by atoms with E-state index >= 15 is 0 Å². The van der Waals surface area contributed by atoms with Crippen molar-refractivity contribution in [2.24, 2.45) is 0 Å². The third kappa shape index (κ3) is 2.33. The van der Waals surface area contributed by atoms with E-state index in [4.69, 9.17) is 16.7 Å². The Hall–Kier alpha value is -1.94. The average molecular weight is 269 g/mol. The molecule has 0 heterocycles. The van der Waals surface area contributed by atoms with E-state index in [1.165, 1.54) is 12.1 Å². The van der Waals surface area contributed by atoms with Crippen LogP contribution in [0.1, 0.15) is 10.4 Å². The van der Waals surface area contributed by atoms with Gasteiger partial charge < -0.3 is 5.11 Å². The fraction of sp³-hybridized carbons (Fsp3) is 0. The highest BCUT2D eigenvalue weighted by Crippen LogP contribution is 2.29. The Morgan fingerprint density at radius 2 is 1.78 bits per heavy atom. The maximum Gasteiger partial charge on any atom is 0.336 e. The summed E-state index contributed by atoms with van der Waals surface area (Å²) in [6.45, 7) is 0. The second-order valence-corrected chi connectivity index (χ2v) is 4.06. The monoisotopic (exact) mass is 268 g/mol. The Kier molecular flexibility index (Phi) is 3.30. The Morgan fingerprint density at radius 3 is 2.39 bits per heavy atom. The molecule has 2 aromatic rings. The van der Waals surface area contributed by atoms with Crippen molar-refractivity contribution in [3.05, 3.63) is 58.6 Å². The Balaban J connectivity index is 2.69. The summed E-state index contributed by atoms with van der Waals surface area (Å²) in [5, 5.41) is 9.18. The number of benzene rings is 2.